The van der Waals surface area contributed by atoms with Crippen LogP contribution in [0.5, 0.6) is 0 Å². The molecule has 8 nitrogen and oxygen atoms in total. The first-order valence-corrected chi connectivity index (χ1v) is 10.9. The summed E-state index contributed by atoms with van der Waals surface area (Å²) in [6.07, 6.45) is 6.15. The zero-order valence-electron chi connectivity index (χ0n) is 17.4. The number of carbonyl (C=O) groups is 2. The van der Waals surface area contributed by atoms with Gasteiger partial charge in [-0.3, -0.25) is 14.3 Å². The highest BCUT2D eigenvalue weighted by Crippen LogP contribution is 2.35. The van der Waals surface area contributed by atoms with Gasteiger partial charge in [-0.25, -0.2) is 0 Å². The lowest BCUT2D eigenvalue weighted by Gasteiger charge is -2.32. The molecule has 1 aromatic rings. The molecule has 29 heavy (non-hydrogen) atoms. The molecular formula is C21H32N4O4. The Hall–Kier alpha value is -1.93. The van der Waals surface area contributed by atoms with Crippen molar-refractivity contribution in [2.75, 3.05) is 39.5 Å². The van der Waals surface area contributed by atoms with Crippen LogP contribution in [0.1, 0.15) is 60.8 Å². The fourth-order valence-corrected chi connectivity index (χ4v) is 4.63. The second kappa shape index (κ2) is 8.83. The van der Waals surface area contributed by atoms with Gasteiger partial charge in [-0.15, -0.1) is 0 Å². The highest BCUT2D eigenvalue weighted by molar-refractivity contribution is 5.94. The van der Waals surface area contributed by atoms with E-state index in [1.807, 2.05) is 4.68 Å². The molecule has 0 aromatic carbocycles. The van der Waals surface area contributed by atoms with Crippen LogP contribution in [0.15, 0.2) is 0 Å². The van der Waals surface area contributed by atoms with Crippen molar-refractivity contribution in [3.8, 4) is 0 Å². The molecule has 2 fully saturated rings. The van der Waals surface area contributed by atoms with Crippen LogP contribution in [0, 0.1) is 5.41 Å². The van der Waals surface area contributed by atoms with Crippen molar-refractivity contribution in [2.45, 2.75) is 58.6 Å². The van der Waals surface area contributed by atoms with Gasteiger partial charge in [-0.2, -0.15) is 5.10 Å². The maximum Gasteiger partial charge on any atom is 0.274 e. The number of hydrogen-bond acceptors (Lipinski definition) is 5. The third kappa shape index (κ3) is 4.33. The van der Waals surface area contributed by atoms with Crippen molar-refractivity contribution in [3.63, 3.8) is 0 Å². The second-order valence-electron chi connectivity index (χ2n) is 8.58. The fraction of sp³-hybridized carbons (Fsp3) is 0.762. The molecule has 2 aliphatic heterocycles. The molecule has 8 heteroatoms. The van der Waals surface area contributed by atoms with E-state index in [9.17, 15) is 9.59 Å². The number of hydrogen-bond donors (Lipinski definition) is 1. The molecule has 0 spiro atoms. The lowest BCUT2D eigenvalue weighted by Crippen LogP contribution is -2.41. The number of amides is 2. The van der Waals surface area contributed by atoms with Crippen LogP contribution in [0.25, 0.3) is 0 Å². The summed E-state index contributed by atoms with van der Waals surface area (Å²) in [7, 11) is 0. The fourth-order valence-electron chi connectivity index (χ4n) is 4.63. The summed E-state index contributed by atoms with van der Waals surface area (Å²) in [5.41, 5.74) is 2.21. The number of rotatable bonds is 5. The Balaban J connectivity index is 1.43. The average molecular weight is 405 g/mol. The van der Waals surface area contributed by atoms with Crippen molar-refractivity contribution >= 4 is 11.8 Å². The summed E-state index contributed by atoms with van der Waals surface area (Å²) in [6, 6.07) is 0. The van der Waals surface area contributed by atoms with Crippen molar-refractivity contribution in [1.82, 2.24) is 20.0 Å². The molecule has 3 aliphatic rings. The van der Waals surface area contributed by atoms with Gasteiger partial charge in [0.05, 0.1) is 33.0 Å². The van der Waals surface area contributed by atoms with Crippen LogP contribution >= 0.6 is 0 Å². The summed E-state index contributed by atoms with van der Waals surface area (Å²) < 4.78 is 12.9. The van der Waals surface area contributed by atoms with Gasteiger partial charge < -0.3 is 19.7 Å². The standard InChI is InChI=1S/C21H32N4O4/c1-21(6-3-2-4-7-21)20(27)22-8-9-25-17-5-12-29-15-16(17)18(23-25)19(26)24-10-13-28-14-11-24/h2-15H2,1H3,(H,22,27). The first-order chi connectivity index (χ1) is 14.1. The molecule has 0 unspecified atom stereocenters. The van der Waals surface area contributed by atoms with E-state index >= 15 is 0 Å². The normalized spacial score (nSPS) is 21.5. The van der Waals surface area contributed by atoms with Crippen LogP contribution in [-0.2, 0) is 33.8 Å². The minimum absolute atomic E-state index is 0.0486. The third-order valence-electron chi connectivity index (χ3n) is 6.51. The Morgan fingerprint density at radius 1 is 1.10 bits per heavy atom. The van der Waals surface area contributed by atoms with Crippen molar-refractivity contribution in [3.05, 3.63) is 17.0 Å². The van der Waals surface area contributed by atoms with Crippen LogP contribution in [0.3, 0.4) is 0 Å². The Bertz CT molecular complexity index is 748. The Labute approximate surface area is 171 Å². The van der Waals surface area contributed by atoms with Crippen molar-refractivity contribution in [1.29, 1.82) is 0 Å². The van der Waals surface area contributed by atoms with E-state index in [1.54, 1.807) is 4.90 Å². The van der Waals surface area contributed by atoms with E-state index < -0.39 is 0 Å². The van der Waals surface area contributed by atoms with Gasteiger partial charge in [-0.05, 0) is 12.8 Å². The van der Waals surface area contributed by atoms with Crippen molar-refractivity contribution < 1.29 is 19.1 Å². The maximum absolute atomic E-state index is 13.0. The molecule has 3 heterocycles. The molecule has 2 amide bonds. The SMILES string of the molecule is CC1(C(=O)NCCn2nc(C(=O)N3CCOCC3)c3c2CCOC3)CCCCC1. The monoisotopic (exact) mass is 404 g/mol. The van der Waals surface area contributed by atoms with E-state index in [1.165, 1.54) is 6.42 Å². The highest BCUT2D eigenvalue weighted by atomic mass is 16.5. The van der Waals surface area contributed by atoms with Crippen molar-refractivity contribution in [2.24, 2.45) is 5.41 Å². The quantitative estimate of drug-likeness (QED) is 0.804. The number of aromatic nitrogens is 2. The Kier molecular flexibility index (Phi) is 6.20. The molecule has 1 saturated heterocycles. The number of morpholine rings is 1. The molecule has 160 valence electrons. The minimum atomic E-state index is -0.243. The largest absolute Gasteiger partial charge is 0.378 e. The molecule has 4 rings (SSSR count). The molecule has 1 saturated carbocycles. The van der Waals surface area contributed by atoms with E-state index in [0.717, 1.165) is 43.4 Å². The molecule has 0 atom stereocenters. The van der Waals surface area contributed by atoms with Crippen LogP contribution < -0.4 is 5.32 Å². The molecule has 1 aromatic heterocycles. The van der Waals surface area contributed by atoms with Gasteiger partial charge in [0.1, 0.15) is 0 Å². The average Bonchev–Trinajstić information content (AvgIpc) is 3.13. The number of fused-ring (bicyclic) bond motifs is 1. The Morgan fingerprint density at radius 2 is 1.86 bits per heavy atom. The van der Waals surface area contributed by atoms with Gasteiger partial charge >= 0.3 is 0 Å². The topological polar surface area (TPSA) is 85.7 Å². The van der Waals surface area contributed by atoms with Crippen LogP contribution in [0.2, 0.25) is 0 Å². The molecular weight excluding hydrogens is 372 g/mol. The predicted molar refractivity (Wildman–Crippen MR) is 107 cm³/mol. The van der Waals surface area contributed by atoms with Gasteiger partial charge in [0.2, 0.25) is 5.91 Å². The lowest BCUT2D eigenvalue weighted by molar-refractivity contribution is -0.131. The smallest absolute Gasteiger partial charge is 0.274 e. The Morgan fingerprint density at radius 3 is 2.62 bits per heavy atom. The minimum Gasteiger partial charge on any atom is -0.378 e. The van der Waals surface area contributed by atoms with Crippen LogP contribution in [0.4, 0.5) is 0 Å². The first-order valence-electron chi connectivity index (χ1n) is 10.9. The maximum atomic E-state index is 13.0. The number of nitrogens with one attached hydrogen (secondary N) is 1. The zero-order valence-corrected chi connectivity index (χ0v) is 17.4. The van der Waals surface area contributed by atoms with E-state index in [0.29, 0.717) is 58.3 Å². The second-order valence-corrected chi connectivity index (χ2v) is 8.58. The number of nitrogens with zero attached hydrogens (tertiary/aromatic N) is 3. The van der Waals surface area contributed by atoms with Crippen LogP contribution in [-0.4, -0.2) is 65.9 Å². The van der Waals surface area contributed by atoms with Gasteiger partial charge in [0.15, 0.2) is 5.69 Å². The molecule has 1 aliphatic carbocycles. The highest BCUT2D eigenvalue weighted by Gasteiger charge is 2.34. The zero-order chi connectivity index (χ0) is 20.3. The lowest BCUT2D eigenvalue weighted by atomic mass is 9.75. The number of carbonyl (C=O) groups excluding carboxylic acids is 2. The molecule has 1 N–H and O–H groups in total. The first kappa shape index (κ1) is 20.3. The van der Waals surface area contributed by atoms with E-state index in [4.69, 9.17) is 9.47 Å². The molecule has 0 radical (unpaired) electrons. The van der Waals surface area contributed by atoms with Gasteiger partial charge in [-0.1, -0.05) is 26.2 Å². The summed E-state index contributed by atoms with van der Waals surface area (Å²) in [6.45, 7) is 6.54. The van der Waals surface area contributed by atoms with E-state index in [2.05, 4.69) is 17.3 Å². The summed E-state index contributed by atoms with van der Waals surface area (Å²) in [4.78, 5) is 27.5. The summed E-state index contributed by atoms with van der Waals surface area (Å²) >= 11 is 0. The van der Waals surface area contributed by atoms with Gasteiger partial charge in [0.25, 0.3) is 5.91 Å². The molecule has 0 bridgehead atoms. The van der Waals surface area contributed by atoms with E-state index in [-0.39, 0.29) is 17.2 Å². The number of ether oxygens (including phenoxy) is 2. The summed E-state index contributed by atoms with van der Waals surface area (Å²) in [5, 5.41) is 7.75. The predicted octanol–water partition coefficient (Wildman–Crippen LogP) is 1.51. The summed E-state index contributed by atoms with van der Waals surface area (Å²) in [5.74, 6) is 0.0960. The third-order valence-corrected chi connectivity index (χ3v) is 6.51. The van der Waals surface area contributed by atoms with Gasteiger partial charge in [0, 0.05) is 42.7 Å².